The van der Waals surface area contributed by atoms with Gasteiger partial charge in [0.2, 0.25) is 0 Å². The highest BCUT2D eigenvalue weighted by atomic mass is 16.7. The summed E-state index contributed by atoms with van der Waals surface area (Å²) in [7, 11) is 0. The quantitative estimate of drug-likeness (QED) is 0.151. The third-order valence-electron chi connectivity index (χ3n) is 17.9. The lowest BCUT2D eigenvalue weighted by Crippen LogP contribution is -2.27. The molecule has 1 unspecified atom stereocenters. The van der Waals surface area contributed by atoms with Crippen molar-refractivity contribution in [3.05, 3.63) is 301 Å². The molecule has 1 saturated heterocycles. The molecule has 2 aromatic heterocycles. The Bertz CT molecular complexity index is 3530. The zero-order valence-electron chi connectivity index (χ0n) is 62.5. The average Bonchev–Trinajstić information content (AvgIpc) is 0.883. The van der Waals surface area contributed by atoms with Crippen LogP contribution in [0.1, 0.15) is 174 Å². The average molecular weight is 1280 g/mol. The van der Waals surface area contributed by atoms with Crippen molar-refractivity contribution < 1.29 is 9.47 Å². The van der Waals surface area contributed by atoms with Gasteiger partial charge >= 0.3 is 0 Å². The molecule has 2 fully saturated rings. The lowest BCUT2D eigenvalue weighted by molar-refractivity contribution is -0.187. The van der Waals surface area contributed by atoms with Crippen molar-refractivity contribution >= 4 is 32.3 Å². The monoisotopic (exact) mass is 1280 g/mol. The number of pyridine rings is 1. The van der Waals surface area contributed by atoms with Gasteiger partial charge in [0.1, 0.15) is 0 Å². The van der Waals surface area contributed by atoms with Crippen LogP contribution in [0.2, 0.25) is 0 Å². The van der Waals surface area contributed by atoms with Crippen molar-refractivity contribution in [3.63, 3.8) is 0 Å². The lowest BCUT2D eigenvalue weighted by Gasteiger charge is -2.24. The summed E-state index contributed by atoms with van der Waals surface area (Å²) in [5.41, 5.74) is 22.3. The summed E-state index contributed by atoms with van der Waals surface area (Å²) in [6.45, 7) is 44.2. The first-order chi connectivity index (χ1) is 45.8. The molecule has 2 aliphatic carbocycles. The Morgan fingerprint density at radius 3 is 1.03 bits per heavy atom. The molecular weight excluding hydrogens is 1170 g/mol. The molecule has 96 heavy (non-hydrogen) atoms. The second-order valence-electron chi connectivity index (χ2n) is 27.6. The highest BCUT2D eigenvalue weighted by molar-refractivity contribution is 5.89. The smallest absolute Gasteiger partial charge is 0.154 e. The first kappa shape index (κ1) is 78.6. The van der Waals surface area contributed by atoms with E-state index in [-0.39, 0.29) is 6.29 Å². The maximum Gasteiger partial charge on any atom is 0.154 e. The Morgan fingerprint density at radius 1 is 0.312 bits per heavy atom. The van der Waals surface area contributed by atoms with E-state index < -0.39 is 0 Å². The molecule has 14 rings (SSSR count). The van der Waals surface area contributed by atoms with Crippen LogP contribution >= 0.6 is 0 Å². The highest BCUT2D eigenvalue weighted by Crippen LogP contribution is 2.33. The van der Waals surface area contributed by atoms with Crippen LogP contribution in [0.25, 0.3) is 32.3 Å². The number of hydrogen-bond acceptors (Lipinski definition) is 5. The van der Waals surface area contributed by atoms with E-state index in [0.717, 1.165) is 48.0 Å². The summed E-state index contributed by atoms with van der Waals surface area (Å²) in [5.74, 6) is 3.40. The van der Waals surface area contributed by atoms with Gasteiger partial charge in [-0.05, 0) is 243 Å². The normalized spacial score (nSPS) is 16.4. The van der Waals surface area contributed by atoms with Crippen LogP contribution in [-0.4, -0.2) is 34.7 Å². The number of benzene rings is 9. The molecule has 1 atom stereocenters. The Balaban J connectivity index is 0.000000194. The van der Waals surface area contributed by atoms with Crippen molar-refractivity contribution in [2.45, 2.75) is 196 Å². The van der Waals surface area contributed by atoms with Crippen molar-refractivity contribution in [1.82, 2.24) is 15.2 Å². The zero-order chi connectivity index (χ0) is 70.1. The van der Waals surface area contributed by atoms with Gasteiger partial charge in [-0.25, -0.2) is 0 Å². The van der Waals surface area contributed by atoms with E-state index in [1.54, 1.807) is 11.1 Å². The summed E-state index contributed by atoms with van der Waals surface area (Å²) in [6.07, 6.45) is 11.8. The minimum atomic E-state index is 0.0196. The van der Waals surface area contributed by atoms with Gasteiger partial charge in [0.05, 0.1) is 24.6 Å². The van der Waals surface area contributed by atoms with Gasteiger partial charge in [0.25, 0.3) is 0 Å². The van der Waals surface area contributed by atoms with E-state index in [0.29, 0.717) is 5.92 Å². The molecule has 1 aliphatic heterocycles. The molecule has 0 bridgehead atoms. The van der Waals surface area contributed by atoms with Gasteiger partial charge in [-0.2, -0.15) is 10.2 Å². The molecule has 1 saturated carbocycles. The van der Waals surface area contributed by atoms with Gasteiger partial charge in [-0.1, -0.05) is 269 Å². The molecular formula is C91H117N3O2. The summed E-state index contributed by atoms with van der Waals surface area (Å²) < 4.78 is 10.3. The van der Waals surface area contributed by atoms with Gasteiger partial charge < -0.3 is 9.47 Å². The summed E-state index contributed by atoms with van der Waals surface area (Å²) >= 11 is 0. The van der Waals surface area contributed by atoms with E-state index in [2.05, 4.69) is 301 Å². The summed E-state index contributed by atoms with van der Waals surface area (Å²) in [5, 5.41) is 15.8. The molecule has 508 valence electrons. The van der Waals surface area contributed by atoms with Crippen LogP contribution < -0.4 is 0 Å². The van der Waals surface area contributed by atoms with Crippen molar-refractivity contribution in [1.29, 1.82) is 0 Å². The van der Waals surface area contributed by atoms with Gasteiger partial charge in [-0.3, -0.25) is 4.98 Å². The molecule has 0 amide bonds. The molecule has 5 nitrogen and oxygen atoms in total. The van der Waals surface area contributed by atoms with E-state index in [9.17, 15) is 0 Å². The second kappa shape index (κ2) is 41.8. The summed E-state index contributed by atoms with van der Waals surface area (Å²) in [4.78, 5) is 4.08. The second-order valence-corrected chi connectivity index (χ2v) is 27.6. The highest BCUT2D eigenvalue weighted by Gasteiger charge is 2.17. The van der Waals surface area contributed by atoms with Crippen molar-refractivity contribution in [2.75, 3.05) is 13.2 Å². The van der Waals surface area contributed by atoms with Crippen LogP contribution in [0.3, 0.4) is 0 Å². The molecule has 0 spiro atoms. The Hall–Kier alpha value is -8.09. The van der Waals surface area contributed by atoms with Gasteiger partial charge in [-0.15, -0.1) is 0 Å². The number of ether oxygens (including phenoxy) is 2. The number of fused-ring (bicyclic) bond motifs is 4. The fourth-order valence-electron chi connectivity index (χ4n) is 11.4. The molecule has 11 aromatic rings. The molecule has 0 N–H and O–H groups in total. The minimum absolute atomic E-state index is 0.0196. The lowest BCUT2D eigenvalue weighted by atomic mass is 9.82. The van der Waals surface area contributed by atoms with Crippen LogP contribution in [-0.2, 0) is 15.9 Å². The third kappa shape index (κ3) is 29.1. The fraction of sp³-hybridized carbons (Fsp3) is 0.374. The Kier molecular flexibility index (Phi) is 34.2. The first-order valence-corrected chi connectivity index (χ1v) is 35.3. The van der Waals surface area contributed by atoms with Crippen LogP contribution in [0.4, 0.5) is 0 Å². The first-order valence-electron chi connectivity index (χ1n) is 35.3. The molecule has 3 heterocycles. The largest absolute Gasteiger partial charge is 0.353 e. The standard InChI is InChI=1S/C12H12.C12H16.2C12H12.C8H16.2C8H10.C7H9N.C6H8N2.C6H12O2/c1-9-3-5-12-8-10(2)4-6-11(12)7-9;2*1-9-5-3-8-12-10(2)6-4-7-11(9)12;1-9-7-8-10(2)12-6-4-3-5-11(9)12;3*1-7-3-5-8(2)6-4-7;1-6-3-4-7(2)8-5-6;1-5-3-4-6(2)8-7-5;1-5-3-7-6(2)8-4-5/h3-8H,1-2H3;3,5,8,10H,4,6-7H2,1-2H3;2*3-8H,1-2H3;7-8H,3-6H2,1-2H3;2*3-6H,1-2H3;3-5H,1-2H3;3-4H,1-2H3;5-6H,3-4H2,1-2H3. The predicted molar refractivity (Wildman–Crippen MR) is 417 cm³/mol. The van der Waals surface area contributed by atoms with Crippen LogP contribution in [0.5, 0.6) is 0 Å². The number of hydrogen-bond donors (Lipinski definition) is 0. The van der Waals surface area contributed by atoms with E-state index in [4.69, 9.17) is 9.47 Å². The zero-order valence-corrected chi connectivity index (χ0v) is 62.5. The SMILES string of the molecule is CC1CCC(C)CC1.CC1COC(C)OC1.Cc1ccc(C)c2ccccc12.Cc1ccc(C)cc1.Cc1ccc(C)cc1.Cc1ccc(C)nc1.Cc1ccc(C)nn1.Cc1ccc2cc(C)ccc2c1.Cc1cccc2c(C)cccc12.Cc1cccc2c1CCCC2C. The summed E-state index contributed by atoms with van der Waals surface area (Å²) in [6, 6.07) is 70.5. The van der Waals surface area contributed by atoms with Crippen LogP contribution in [0.15, 0.2) is 206 Å². The van der Waals surface area contributed by atoms with E-state index >= 15 is 0 Å². The topological polar surface area (TPSA) is 57.1 Å². The van der Waals surface area contributed by atoms with Gasteiger partial charge in [0, 0.05) is 17.8 Å². The predicted octanol–water partition coefficient (Wildman–Crippen LogP) is 25.1. The molecule has 0 radical (unpaired) electrons. The maximum absolute atomic E-state index is 5.17. The minimum Gasteiger partial charge on any atom is -0.353 e. The molecule has 9 aromatic carbocycles. The number of aromatic nitrogens is 3. The van der Waals surface area contributed by atoms with E-state index in [1.165, 1.54) is 144 Å². The Morgan fingerprint density at radius 2 is 0.667 bits per heavy atom. The molecule has 5 heteroatoms. The van der Waals surface area contributed by atoms with E-state index in [1.807, 2.05) is 59.0 Å². The van der Waals surface area contributed by atoms with Crippen molar-refractivity contribution in [2.24, 2.45) is 17.8 Å². The Labute approximate surface area is 581 Å². The molecule has 3 aliphatic rings. The number of aryl methyl sites for hydroxylation is 15. The third-order valence-corrected chi connectivity index (χ3v) is 17.9. The fourth-order valence-corrected chi connectivity index (χ4v) is 11.4. The number of rotatable bonds is 0. The number of nitrogens with zero attached hydrogens (tertiary/aromatic N) is 3. The maximum atomic E-state index is 5.17. The van der Waals surface area contributed by atoms with Crippen molar-refractivity contribution in [3.8, 4) is 0 Å². The van der Waals surface area contributed by atoms with Gasteiger partial charge in [0.15, 0.2) is 6.29 Å². The van der Waals surface area contributed by atoms with Crippen LogP contribution in [0, 0.1) is 122 Å².